The number of carbonyl (C=O) groups is 2. The lowest BCUT2D eigenvalue weighted by Gasteiger charge is -2.07. The first-order chi connectivity index (χ1) is 15.9. The lowest BCUT2D eigenvalue weighted by Crippen LogP contribution is -2.01. The number of aromatic nitrogens is 1. The van der Waals surface area contributed by atoms with Crippen molar-refractivity contribution in [1.29, 1.82) is 0 Å². The standard InChI is InChI=1S/C25H14ClNO4S2/c26-18-4-2-1-3-16(18)22(29)23-21(17-10-9-15(28)11-20(17)33-23)13-5-7-14(8-6-13)24-27-19(12-32-24)25(30)31/h1-12,28H,(H,30,31). The molecule has 0 atom stereocenters. The van der Waals surface area contributed by atoms with Gasteiger partial charge >= 0.3 is 5.97 Å². The Bertz CT molecular complexity index is 1540. The second-order valence-corrected chi connectivity index (χ2v) is 9.53. The fourth-order valence-corrected chi connectivity index (χ4v) is 5.82. The Labute approximate surface area is 201 Å². The highest BCUT2D eigenvalue weighted by atomic mass is 35.5. The molecule has 3 aromatic carbocycles. The topological polar surface area (TPSA) is 87.5 Å². The third-order valence-electron chi connectivity index (χ3n) is 5.14. The van der Waals surface area contributed by atoms with Gasteiger partial charge in [0.15, 0.2) is 5.69 Å². The van der Waals surface area contributed by atoms with Crippen LogP contribution in [0.2, 0.25) is 5.02 Å². The van der Waals surface area contributed by atoms with E-state index in [-0.39, 0.29) is 17.2 Å². The molecule has 0 saturated heterocycles. The number of thiazole rings is 1. The Kier molecular flexibility index (Phi) is 5.46. The highest BCUT2D eigenvalue weighted by Gasteiger charge is 2.23. The Morgan fingerprint density at radius 2 is 1.67 bits per heavy atom. The summed E-state index contributed by atoms with van der Waals surface area (Å²) >= 11 is 8.87. The van der Waals surface area contributed by atoms with Crippen molar-refractivity contribution in [2.24, 2.45) is 0 Å². The van der Waals surface area contributed by atoms with Crippen LogP contribution in [0, 0.1) is 0 Å². The number of hydrogen-bond donors (Lipinski definition) is 2. The maximum Gasteiger partial charge on any atom is 0.355 e. The predicted molar refractivity (Wildman–Crippen MR) is 132 cm³/mol. The van der Waals surface area contributed by atoms with Crippen molar-refractivity contribution in [3.05, 3.63) is 93.3 Å². The normalized spacial score (nSPS) is 11.1. The second kappa shape index (κ2) is 8.44. The number of aromatic carboxylic acids is 1. The van der Waals surface area contributed by atoms with E-state index in [0.717, 1.165) is 26.8 Å². The van der Waals surface area contributed by atoms with E-state index in [0.29, 0.717) is 20.5 Å². The number of phenolic OH excluding ortho intramolecular Hbond substituents is 1. The maximum absolute atomic E-state index is 13.5. The molecule has 0 unspecified atom stereocenters. The molecule has 2 heterocycles. The average molecular weight is 492 g/mol. The fourth-order valence-electron chi connectivity index (χ4n) is 3.58. The number of thiophene rings is 1. The molecule has 0 aliphatic heterocycles. The summed E-state index contributed by atoms with van der Waals surface area (Å²) in [4.78, 5) is 29.3. The number of nitrogens with zero attached hydrogens (tertiary/aromatic N) is 1. The Morgan fingerprint density at radius 1 is 0.939 bits per heavy atom. The van der Waals surface area contributed by atoms with E-state index in [1.54, 1.807) is 42.5 Å². The number of hydrogen-bond acceptors (Lipinski definition) is 6. The molecule has 0 radical (unpaired) electrons. The predicted octanol–water partition coefficient (Wildman–Crippen LogP) is 6.98. The number of halogens is 1. The van der Waals surface area contributed by atoms with Crippen LogP contribution in [-0.4, -0.2) is 26.9 Å². The van der Waals surface area contributed by atoms with Crippen LogP contribution in [-0.2, 0) is 0 Å². The summed E-state index contributed by atoms with van der Waals surface area (Å²) in [5, 5.41) is 22.4. The monoisotopic (exact) mass is 491 g/mol. The number of ketones is 1. The number of carbonyl (C=O) groups excluding carboxylic acids is 1. The molecule has 0 aliphatic carbocycles. The number of rotatable bonds is 5. The van der Waals surface area contributed by atoms with Gasteiger partial charge in [0, 0.05) is 32.2 Å². The van der Waals surface area contributed by atoms with Gasteiger partial charge in [0.2, 0.25) is 5.78 Å². The SMILES string of the molecule is O=C(O)c1csc(-c2ccc(-c3c(C(=O)c4ccccc4Cl)sc4cc(O)ccc34)cc2)n1. The van der Waals surface area contributed by atoms with E-state index in [2.05, 4.69) is 4.98 Å². The molecule has 8 heteroatoms. The van der Waals surface area contributed by atoms with Crippen LogP contribution in [0.5, 0.6) is 5.75 Å². The van der Waals surface area contributed by atoms with Gasteiger partial charge in [-0.3, -0.25) is 4.79 Å². The number of benzene rings is 3. The van der Waals surface area contributed by atoms with E-state index in [1.807, 2.05) is 24.3 Å². The summed E-state index contributed by atoms with van der Waals surface area (Å²) in [6.45, 7) is 0. The van der Waals surface area contributed by atoms with Crippen LogP contribution in [0.25, 0.3) is 31.8 Å². The van der Waals surface area contributed by atoms with E-state index in [9.17, 15) is 14.7 Å². The minimum atomic E-state index is -1.06. The number of carboxylic acid groups (broad SMARTS) is 1. The Morgan fingerprint density at radius 3 is 2.36 bits per heavy atom. The summed E-state index contributed by atoms with van der Waals surface area (Å²) in [7, 11) is 0. The van der Waals surface area contributed by atoms with Gasteiger partial charge in [-0.1, -0.05) is 48.0 Å². The number of aromatic hydroxyl groups is 1. The molecular weight excluding hydrogens is 478 g/mol. The minimum absolute atomic E-state index is 0.00957. The van der Waals surface area contributed by atoms with Crippen molar-refractivity contribution in [3.8, 4) is 27.4 Å². The maximum atomic E-state index is 13.5. The summed E-state index contributed by atoms with van der Waals surface area (Å²) < 4.78 is 0.788. The van der Waals surface area contributed by atoms with Gasteiger partial charge in [-0.25, -0.2) is 9.78 Å². The summed E-state index contributed by atoms with van der Waals surface area (Å²) in [6, 6.07) is 19.4. The van der Waals surface area contributed by atoms with Crippen molar-refractivity contribution in [3.63, 3.8) is 0 Å². The third-order valence-corrected chi connectivity index (χ3v) is 7.51. The molecule has 2 aromatic heterocycles. The highest BCUT2D eigenvalue weighted by Crippen LogP contribution is 2.42. The van der Waals surface area contributed by atoms with Crippen molar-refractivity contribution >= 4 is 56.1 Å². The van der Waals surface area contributed by atoms with Crippen LogP contribution in [0.4, 0.5) is 0 Å². The first-order valence-electron chi connectivity index (χ1n) is 9.77. The van der Waals surface area contributed by atoms with Crippen molar-refractivity contribution in [2.75, 3.05) is 0 Å². The molecule has 0 aliphatic rings. The average Bonchev–Trinajstić information content (AvgIpc) is 3.44. The van der Waals surface area contributed by atoms with Crippen LogP contribution in [0.15, 0.2) is 72.1 Å². The lowest BCUT2D eigenvalue weighted by atomic mass is 9.97. The molecule has 0 fully saturated rings. The molecule has 0 amide bonds. The van der Waals surface area contributed by atoms with Gasteiger partial charge in [0.05, 0.1) is 9.90 Å². The van der Waals surface area contributed by atoms with Gasteiger partial charge < -0.3 is 10.2 Å². The van der Waals surface area contributed by atoms with E-state index >= 15 is 0 Å². The van der Waals surface area contributed by atoms with E-state index < -0.39 is 5.97 Å². The molecule has 2 N–H and O–H groups in total. The van der Waals surface area contributed by atoms with Crippen molar-refractivity contribution in [1.82, 2.24) is 4.98 Å². The summed E-state index contributed by atoms with van der Waals surface area (Å²) in [5.74, 6) is -1.13. The lowest BCUT2D eigenvalue weighted by molar-refractivity contribution is 0.0691. The molecule has 0 bridgehead atoms. The number of fused-ring (bicyclic) bond motifs is 1. The zero-order valence-corrected chi connectivity index (χ0v) is 19.2. The van der Waals surface area contributed by atoms with Gasteiger partial charge in [-0.15, -0.1) is 22.7 Å². The number of phenols is 1. The van der Waals surface area contributed by atoms with Crippen LogP contribution >= 0.6 is 34.3 Å². The van der Waals surface area contributed by atoms with Crippen molar-refractivity contribution < 1.29 is 19.8 Å². The summed E-state index contributed by atoms with van der Waals surface area (Å²) in [6.07, 6.45) is 0. The zero-order valence-electron chi connectivity index (χ0n) is 16.8. The molecule has 162 valence electrons. The molecule has 5 aromatic rings. The van der Waals surface area contributed by atoms with Gasteiger partial charge in [0.25, 0.3) is 0 Å². The van der Waals surface area contributed by atoms with Crippen molar-refractivity contribution in [2.45, 2.75) is 0 Å². The quantitative estimate of drug-likeness (QED) is 0.259. The number of carboxylic acids is 1. The zero-order chi connectivity index (χ0) is 23.1. The Hall–Kier alpha value is -3.52. The van der Waals surface area contributed by atoms with Crippen LogP contribution in [0.3, 0.4) is 0 Å². The van der Waals surface area contributed by atoms with Gasteiger partial charge in [-0.05, 0) is 35.9 Å². The first kappa shape index (κ1) is 21.3. The molecule has 0 spiro atoms. The molecular formula is C25H14ClNO4S2. The molecule has 33 heavy (non-hydrogen) atoms. The smallest absolute Gasteiger partial charge is 0.355 e. The second-order valence-electron chi connectivity index (χ2n) is 7.22. The van der Waals surface area contributed by atoms with Crippen LogP contribution < -0.4 is 0 Å². The molecule has 5 rings (SSSR count). The molecule has 5 nitrogen and oxygen atoms in total. The third kappa shape index (κ3) is 3.91. The van der Waals surface area contributed by atoms with E-state index in [4.69, 9.17) is 16.7 Å². The largest absolute Gasteiger partial charge is 0.508 e. The first-order valence-corrected chi connectivity index (χ1v) is 11.8. The minimum Gasteiger partial charge on any atom is -0.508 e. The Balaban J connectivity index is 1.64. The van der Waals surface area contributed by atoms with Crippen LogP contribution in [0.1, 0.15) is 25.7 Å². The van der Waals surface area contributed by atoms with Gasteiger partial charge in [-0.2, -0.15) is 0 Å². The van der Waals surface area contributed by atoms with E-state index in [1.165, 1.54) is 28.1 Å². The molecule has 0 saturated carbocycles. The van der Waals surface area contributed by atoms with Gasteiger partial charge in [0.1, 0.15) is 10.8 Å². The highest BCUT2D eigenvalue weighted by molar-refractivity contribution is 7.21. The fraction of sp³-hybridized carbons (Fsp3) is 0. The summed E-state index contributed by atoms with van der Waals surface area (Å²) in [5.41, 5.74) is 2.79.